The van der Waals surface area contributed by atoms with Gasteiger partial charge in [-0.1, -0.05) is 43.0 Å². The summed E-state index contributed by atoms with van der Waals surface area (Å²) in [5.41, 5.74) is 6.65. The van der Waals surface area contributed by atoms with E-state index in [1.54, 1.807) is 17.5 Å². The molecule has 0 aliphatic heterocycles. The van der Waals surface area contributed by atoms with Crippen LogP contribution in [-0.4, -0.2) is 18.4 Å². The number of carbonyl (C=O) groups is 2. The molecular weight excluding hydrogens is 286 g/mol. The number of rotatable bonds is 6. The first-order valence-electron chi connectivity index (χ1n) is 6.27. The van der Waals surface area contributed by atoms with Gasteiger partial charge in [-0.2, -0.15) is 0 Å². The molecule has 5 nitrogen and oxygen atoms in total. The largest absolute Gasteiger partial charge is 0.342 e. The average Bonchev–Trinajstić information content (AvgIpc) is 3.05. The molecule has 6 heteroatoms. The molecule has 1 aromatic carbocycles. The maximum atomic E-state index is 11.7. The Bertz CT molecular complexity index is 624. The topological polar surface area (TPSA) is 70.2 Å². The predicted octanol–water partition coefficient (Wildman–Crippen LogP) is 1.77. The highest BCUT2D eigenvalue weighted by Crippen LogP contribution is 2.07. The second-order valence-corrected chi connectivity index (χ2v) is 5.13. The molecule has 0 saturated carbocycles. The monoisotopic (exact) mass is 301 g/mol. The van der Waals surface area contributed by atoms with Gasteiger partial charge in [-0.25, -0.2) is 0 Å². The van der Waals surface area contributed by atoms with Gasteiger partial charge in [-0.3, -0.25) is 20.4 Å². The van der Waals surface area contributed by atoms with Crippen molar-refractivity contribution in [1.82, 2.24) is 16.2 Å². The van der Waals surface area contributed by atoms with Crippen molar-refractivity contribution in [3.05, 3.63) is 64.9 Å². The molecule has 0 spiro atoms. The number of amides is 2. The minimum atomic E-state index is -0.350. The molecule has 2 rings (SSSR count). The molecule has 3 N–H and O–H groups in total. The van der Waals surface area contributed by atoms with E-state index in [2.05, 4.69) is 22.7 Å². The number of hydrogen-bond acceptors (Lipinski definition) is 4. The molecule has 2 aromatic rings. The lowest BCUT2D eigenvalue weighted by molar-refractivity contribution is -0.120. The Morgan fingerprint density at radius 1 is 1.05 bits per heavy atom. The van der Waals surface area contributed by atoms with Crippen molar-refractivity contribution in [3.8, 4) is 0 Å². The van der Waals surface area contributed by atoms with Crippen molar-refractivity contribution in [2.45, 2.75) is 0 Å². The van der Waals surface area contributed by atoms with Crippen molar-refractivity contribution < 1.29 is 9.59 Å². The molecule has 0 unspecified atom stereocenters. The number of nitrogens with one attached hydrogen (secondary N) is 3. The maximum Gasteiger partial charge on any atom is 0.261 e. The highest BCUT2D eigenvalue weighted by Gasteiger charge is 2.08. The van der Waals surface area contributed by atoms with Gasteiger partial charge in [0.15, 0.2) is 0 Å². The van der Waals surface area contributed by atoms with Crippen molar-refractivity contribution in [3.63, 3.8) is 0 Å². The lowest BCUT2D eigenvalue weighted by Crippen LogP contribution is -2.42. The number of carbonyl (C=O) groups excluding carboxylic acids is 2. The first-order valence-corrected chi connectivity index (χ1v) is 7.15. The number of hydrogen-bond donors (Lipinski definition) is 3. The van der Waals surface area contributed by atoms with E-state index >= 15 is 0 Å². The van der Waals surface area contributed by atoms with Crippen LogP contribution in [0.25, 0.3) is 5.70 Å². The lowest BCUT2D eigenvalue weighted by Gasteiger charge is -2.11. The molecule has 0 fully saturated rings. The Balaban J connectivity index is 1.73. The van der Waals surface area contributed by atoms with E-state index in [4.69, 9.17) is 0 Å². The second kappa shape index (κ2) is 7.25. The number of thiophene rings is 1. The molecule has 21 heavy (non-hydrogen) atoms. The summed E-state index contributed by atoms with van der Waals surface area (Å²) in [6, 6.07) is 12.9. The predicted molar refractivity (Wildman–Crippen MR) is 83.4 cm³/mol. The third kappa shape index (κ3) is 4.47. The summed E-state index contributed by atoms with van der Waals surface area (Å²) in [5, 5.41) is 4.34. The zero-order chi connectivity index (χ0) is 15.1. The van der Waals surface area contributed by atoms with Crippen LogP contribution >= 0.6 is 11.3 Å². The van der Waals surface area contributed by atoms with E-state index in [0.717, 1.165) is 5.56 Å². The van der Waals surface area contributed by atoms with Gasteiger partial charge in [-0.15, -0.1) is 11.3 Å². The van der Waals surface area contributed by atoms with E-state index in [-0.39, 0.29) is 18.4 Å². The van der Waals surface area contributed by atoms with Gasteiger partial charge in [0, 0.05) is 0 Å². The van der Waals surface area contributed by atoms with Gasteiger partial charge in [0.05, 0.1) is 17.1 Å². The summed E-state index contributed by atoms with van der Waals surface area (Å²) in [6.07, 6.45) is 0. The molecule has 108 valence electrons. The van der Waals surface area contributed by atoms with Crippen LogP contribution in [0.1, 0.15) is 15.2 Å². The van der Waals surface area contributed by atoms with Gasteiger partial charge >= 0.3 is 0 Å². The fourth-order valence-electron chi connectivity index (χ4n) is 1.56. The molecule has 0 aliphatic carbocycles. The van der Waals surface area contributed by atoms with E-state index in [9.17, 15) is 9.59 Å². The van der Waals surface area contributed by atoms with Crippen molar-refractivity contribution in [2.75, 3.05) is 6.54 Å². The van der Waals surface area contributed by atoms with Crippen LogP contribution in [0.15, 0.2) is 54.4 Å². The van der Waals surface area contributed by atoms with Gasteiger partial charge in [0.1, 0.15) is 0 Å². The van der Waals surface area contributed by atoms with Crippen molar-refractivity contribution >= 4 is 28.8 Å². The van der Waals surface area contributed by atoms with Crippen LogP contribution in [-0.2, 0) is 4.79 Å². The SMILES string of the molecule is C=C(NNC(=O)CNC(=O)c1cccs1)c1ccccc1. The fraction of sp³-hybridized carbons (Fsp3) is 0.0667. The van der Waals surface area contributed by atoms with E-state index in [0.29, 0.717) is 10.6 Å². The summed E-state index contributed by atoms with van der Waals surface area (Å²) in [5.74, 6) is -0.612. The molecule has 0 bridgehead atoms. The Kier molecular flexibility index (Phi) is 5.11. The standard InChI is InChI=1S/C15H15N3O2S/c1-11(12-6-3-2-4-7-12)17-18-14(19)10-16-15(20)13-8-5-9-21-13/h2-9,17H,1,10H2,(H,16,20)(H,18,19). The minimum absolute atomic E-state index is 0.105. The molecule has 2 amide bonds. The van der Waals surface area contributed by atoms with E-state index < -0.39 is 0 Å². The summed E-state index contributed by atoms with van der Waals surface area (Å²) in [6.45, 7) is 3.72. The Labute approximate surface area is 126 Å². The maximum absolute atomic E-state index is 11.7. The van der Waals surface area contributed by atoms with Crippen LogP contribution in [0.5, 0.6) is 0 Å². The summed E-state index contributed by atoms with van der Waals surface area (Å²) >= 11 is 1.32. The van der Waals surface area contributed by atoms with E-state index in [1.807, 2.05) is 30.3 Å². The third-order valence-electron chi connectivity index (χ3n) is 2.63. The van der Waals surface area contributed by atoms with Crippen LogP contribution in [0.2, 0.25) is 0 Å². The van der Waals surface area contributed by atoms with Crippen LogP contribution in [0.4, 0.5) is 0 Å². The van der Waals surface area contributed by atoms with Gasteiger partial charge in [-0.05, 0) is 17.0 Å². The summed E-state index contributed by atoms with van der Waals surface area (Å²) in [4.78, 5) is 23.9. The molecule has 0 radical (unpaired) electrons. The lowest BCUT2D eigenvalue weighted by atomic mass is 10.2. The molecule has 0 aliphatic rings. The van der Waals surface area contributed by atoms with E-state index in [1.165, 1.54) is 11.3 Å². The van der Waals surface area contributed by atoms with Crippen LogP contribution in [0.3, 0.4) is 0 Å². The zero-order valence-corrected chi connectivity index (χ0v) is 12.1. The number of hydrazine groups is 1. The third-order valence-corrected chi connectivity index (χ3v) is 3.50. The van der Waals surface area contributed by atoms with Crippen LogP contribution in [0, 0.1) is 0 Å². The summed E-state index contributed by atoms with van der Waals surface area (Å²) in [7, 11) is 0. The number of benzene rings is 1. The summed E-state index contributed by atoms with van der Waals surface area (Å²) < 4.78 is 0. The van der Waals surface area contributed by atoms with Crippen LogP contribution < -0.4 is 16.2 Å². The molecule has 1 heterocycles. The first kappa shape index (κ1) is 14.8. The first-order chi connectivity index (χ1) is 10.2. The Hall–Kier alpha value is -2.60. The Morgan fingerprint density at radius 2 is 1.81 bits per heavy atom. The fourth-order valence-corrected chi connectivity index (χ4v) is 2.20. The van der Waals surface area contributed by atoms with Gasteiger partial charge < -0.3 is 5.32 Å². The van der Waals surface area contributed by atoms with Gasteiger partial charge in [0.25, 0.3) is 11.8 Å². The Morgan fingerprint density at radius 3 is 2.48 bits per heavy atom. The van der Waals surface area contributed by atoms with Crippen molar-refractivity contribution in [1.29, 1.82) is 0 Å². The van der Waals surface area contributed by atoms with Gasteiger partial charge in [0.2, 0.25) is 0 Å². The highest BCUT2D eigenvalue weighted by molar-refractivity contribution is 7.12. The molecule has 0 atom stereocenters. The quantitative estimate of drug-likeness (QED) is 0.712. The molecule has 0 saturated heterocycles. The minimum Gasteiger partial charge on any atom is -0.342 e. The second-order valence-electron chi connectivity index (χ2n) is 4.18. The normalized spacial score (nSPS) is 9.71. The average molecular weight is 301 g/mol. The van der Waals surface area contributed by atoms with Crippen molar-refractivity contribution in [2.24, 2.45) is 0 Å². The smallest absolute Gasteiger partial charge is 0.261 e. The zero-order valence-electron chi connectivity index (χ0n) is 11.3. The highest BCUT2D eigenvalue weighted by atomic mass is 32.1. The molecular formula is C15H15N3O2S. The molecule has 1 aromatic heterocycles.